The monoisotopic (exact) mass is 378 g/mol. The molecule has 25 heavy (non-hydrogen) atoms. The van der Waals surface area contributed by atoms with Gasteiger partial charge in [0, 0.05) is 29.8 Å². The van der Waals surface area contributed by atoms with Crippen LogP contribution < -0.4 is 4.74 Å². The number of hydrogen-bond donors (Lipinski definition) is 0. The Balaban J connectivity index is 1.49. The molecule has 132 valence electrons. The van der Waals surface area contributed by atoms with Crippen LogP contribution in [0.1, 0.15) is 12.1 Å². The third-order valence-electron chi connectivity index (χ3n) is 3.68. The molecule has 1 saturated heterocycles. The van der Waals surface area contributed by atoms with Crippen molar-refractivity contribution >= 4 is 34.3 Å². The number of rotatable bonds is 7. The van der Waals surface area contributed by atoms with Gasteiger partial charge < -0.3 is 14.4 Å². The minimum Gasteiger partial charge on any atom is -0.497 e. The average Bonchev–Trinajstić information content (AvgIpc) is 3.27. The fraction of sp³-hybridized carbons (Fsp3) is 0.353. The lowest BCUT2D eigenvalue weighted by Crippen LogP contribution is -2.26. The Morgan fingerprint density at radius 3 is 3.04 bits per heavy atom. The summed E-state index contributed by atoms with van der Waals surface area (Å²) in [6.07, 6.45) is 0.208. The van der Waals surface area contributed by atoms with Gasteiger partial charge in [0.2, 0.25) is 0 Å². The zero-order valence-corrected chi connectivity index (χ0v) is 15.4. The predicted octanol–water partition coefficient (Wildman–Crippen LogP) is 3.42. The minimum atomic E-state index is -0.319. The van der Waals surface area contributed by atoms with Crippen LogP contribution in [0, 0.1) is 0 Å². The number of benzene rings is 1. The van der Waals surface area contributed by atoms with E-state index in [9.17, 15) is 9.59 Å². The summed E-state index contributed by atoms with van der Waals surface area (Å²) in [5, 5.41) is 2.77. The molecule has 1 aliphatic heterocycles. The van der Waals surface area contributed by atoms with Crippen molar-refractivity contribution in [1.29, 1.82) is 0 Å². The van der Waals surface area contributed by atoms with Gasteiger partial charge in [0.25, 0.3) is 5.24 Å². The Hall–Kier alpha value is -2.06. The Morgan fingerprint density at radius 2 is 2.28 bits per heavy atom. The van der Waals surface area contributed by atoms with E-state index in [1.54, 1.807) is 12.0 Å². The van der Waals surface area contributed by atoms with Crippen LogP contribution in [0.3, 0.4) is 0 Å². The van der Waals surface area contributed by atoms with Gasteiger partial charge in [-0.2, -0.15) is 0 Å². The van der Waals surface area contributed by atoms with E-state index < -0.39 is 0 Å². The van der Waals surface area contributed by atoms with Crippen LogP contribution in [0.25, 0.3) is 10.6 Å². The highest BCUT2D eigenvalue weighted by molar-refractivity contribution is 8.13. The first-order valence-electron chi connectivity index (χ1n) is 7.82. The number of methoxy groups -OCH3 is 1. The fourth-order valence-corrected chi connectivity index (χ4v) is 4.00. The van der Waals surface area contributed by atoms with E-state index in [0.29, 0.717) is 18.8 Å². The second kappa shape index (κ2) is 8.35. The van der Waals surface area contributed by atoms with E-state index in [2.05, 4.69) is 4.98 Å². The molecule has 6 nitrogen and oxygen atoms in total. The first-order chi connectivity index (χ1) is 12.2. The number of carbonyl (C=O) groups excluding carboxylic acids is 2. The molecule has 0 aliphatic carbocycles. The second-order valence-electron chi connectivity index (χ2n) is 5.39. The first kappa shape index (κ1) is 17.8. The third kappa shape index (κ3) is 4.73. The number of thiazole rings is 1. The maximum absolute atomic E-state index is 11.8. The lowest BCUT2D eigenvalue weighted by molar-refractivity contribution is -0.145. The van der Waals surface area contributed by atoms with Gasteiger partial charge in [-0.15, -0.1) is 11.3 Å². The van der Waals surface area contributed by atoms with E-state index in [-0.39, 0.29) is 24.2 Å². The molecular formula is C17H18N2O4S2. The molecule has 1 aromatic heterocycles. The number of amides is 1. The molecule has 2 aromatic rings. The SMILES string of the molecule is COc1cccc(-c2nc(COC(=O)CCN3CCSC3=O)cs2)c1. The van der Waals surface area contributed by atoms with Gasteiger partial charge in [-0.05, 0) is 12.1 Å². The van der Waals surface area contributed by atoms with Gasteiger partial charge in [0.15, 0.2) is 0 Å². The summed E-state index contributed by atoms with van der Waals surface area (Å²) < 4.78 is 10.5. The number of hydrogen-bond acceptors (Lipinski definition) is 7. The van der Waals surface area contributed by atoms with Gasteiger partial charge >= 0.3 is 5.97 Å². The van der Waals surface area contributed by atoms with E-state index in [1.165, 1.54) is 23.1 Å². The Bertz CT molecular complexity index is 763. The maximum atomic E-state index is 11.8. The van der Waals surface area contributed by atoms with Gasteiger partial charge in [0.05, 0.1) is 19.2 Å². The molecule has 0 atom stereocenters. The van der Waals surface area contributed by atoms with E-state index in [0.717, 1.165) is 22.1 Å². The summed E-state index contributed by atoms with van der Waals surface area (Å²) in [5.41, 5.74) is 1.68. The maximum Gasteiger partial charge on any atom is 0.307 e. The van der Waals surface area contributed by atoms with Crippen molar-refractivity contribution in [2.75, 3.05) is 26.0 Å². The fourth-order valence-electron chi connectivity index (χ4n) is 2.34. The lowest BCUT2D eigenvalue weighted by Gasteiger charge is -2.13. The number of thioether (sulfide) groups is 1. The molecular weight excluding hydrogens is 360 g/mol. The number of nitrogens with zero attached hydrogens (tertiary/aromatic N) is 2. The first-order valence-corrected chi connectivity index (χ1v) is 9.68. The summed E-state index contributed by atoms with van der Waals surface area (Å²) in [7, 11) is 1.63. The van der Waals surface area contributed by atoms with Gasteiger partial charge in [0.1, 0.15) is 17.4 Å². The minimum absolute atomic E-state index is 0.0373. The van der Waals surface area contributed by atoms with Crippen molar-refractivity contribution < 1.29 is 19.1 Å². The molecule has 8 heteroatoms. The molecule has 0 radical (unpaired) electrons. The molecule has 0 spiro atoms. The number of carbonyl (C=O) groups is 2. The van der Waals surface area contributed by atoms with Crippen molar-refractivity contribution in [3.8, 4) is 16.3 Å². The summed E-state index contributed by atoms with van der Waals surface area (Å²) in [6.45, 7) is 1.26. The Kier molecular flexibility index (Phi) is 5.93. The van der Waals surface area contributed by atoms with Gasteiger partial charge in [-0.1, -0.05) is 23.9 Å². The van der Waals surface area contributed by atoms with Crippen LogP contribution in [0.15, 0.2) is 29.6 Å². The molecule has 1 amide bonds. The van der Waals surface area contributed by atoms with Crippen molar-refractivity contribution in [3.63, 3.8) is 0 Å². The molecule has 1 aromatic carbocycles. The molecule has 1 aliphatic rings. The van der Waals surface area contributed by atoms with Crippen molar-refractivity contribution in [1.82, 2.24) is 9.88 Å². The molecule has 0 bridgehead atoms. The van der Waals surface area contributed by atoms with Crippen LogP contribution in [-0.4, -0.2) is 47.0 Å². The van der Waals surface area contributed by atoms with Crippen molar-refractivity contribution in [2.24, 2.45) is 0 Å². The predicted molar refractivity (Wildman–Crippen MR) is 97.9 cm³/mol. The smallest absolute Gasteiger partial charge is 0.307 e. The zero-order valence-electron chi connectivity index (χ0n) is 13.8. The summed E-state index contributed by atoms with van der Waals surface area (Å²) in [6, 6.07) is 7.67. The molecule has 1 fully saturated rings. The van der Waals surface area contributed by atoms with E-state index >= 15 is 0 Å². The highest BCUT2D eigenvalue weighted by Gasteiger charge is 2.21. The summed E-state index contributed by atoms with van der Waals surface area (Å²) in [4.78, 5) is 29.5. The van der Waals surface area contributed by atoms with Crippen LogP contribution in [0.4, 0.5) is 4.79 Å². The van der Waals surface area contributed by atoms with Crippen LogP contribution in [-0.2, 0) is 16.1 Å². The normalized spacial score (nSPS) is 14.0. The van der Waals surface area contributed by atoms with Crippen LogP contribution in [0.2, 0.25) is 0 Å². The number of esters is 1. The van der Waals surface area contributed by atoms with Gasteiger partial charge in [-0.3, -0.25) is 9.59 Å². The van der Waals surface area contributed by atoms with Crippen LogP contribution >= 0.6 is 23.1 Å². The molecule has 2 heterocycles. The zero-order chi connectivity index (χ0) is 17.6. The molecule has 3 rings (SSSR count). The molecule has 0 N–H and O–H groups in total. The second-order valence-corrected chi connectivity index (χ2v) is 7.29. The Labute approximate surface area is 154 Å². The number of ether oxygens (including phenoxy) is 2. The molecule has 0 saturated carbocycles. The van der Waals surface area contributed by atoms with Crippen molar-refractivity contribution in [2.45, 2.75) is 13.0 Å². The Morgan fingerprint density at radius 1 is 1.40 bits per heavy atom. The summed E-state index contributed by atoms with van der Waals surface area (Å²) >= 11 is 2.78. The molecule has 0 unspecified atom stereocenters. The third-order valence-corrected chi connectivity index (χ3v) is 5.51. The highest BCUT2D eigenvalue weighted by atomic mass is 32.2. The standard InChI is InChI=1S/C17H18N2O4S2/c1-22-14-4-2-3-12(9-14)16-18-13(11-25-16)10-23-15(20)5-6-19-7-8-24-17(19)21/h2-4,9,11H,5-8,10H2,1H3. The quantitative estimate of drug-likeness (QED) is 0.688. The lowest BCUT2D eigenvalue weighted by atomic mass is 10.2. The topological polar surface area (TPSA) is 68.7 Å². The number of aromatic nitrogens is 1. The van der Waals surface area contributed by atoms with Gasteiger partial charge in [-0.25, -0.2) is 4.98 Å². The van der Waals surface area contributed by atoms with E-state index in [1.807, 2.05) is 29.6 Å². The van der Waals surface area contributed by atoms with E-state index in [4.69, 9.17) is 9.47 Å². The van der Waals surface area contributed by atoms with Crippen LogP contribution in [0.5, 0.6) is 5.75 Å². The van der Waals surface area contributed by atoms with Crippen molar-refractivity contribution in [3.05, 3.63) is 35.3 Å². The largest absolute Gasteiger partial charge is 0.497 e. The highest BCUT2D eigenvalue weighted by Crippen LogP contribution is 2.27. The average molecular weight is 378 g/mol. The summed E-state index contributed by atoms with van der Waals surface area (Å²) in [5.74, 6) is 1.25.